The number of rotatable bonds is 7. The van der Waals surface area contributed by atoms with Gasteiger partial charge in [-0.05, 0) is 43.0 Å². The zero-order valence-electron chi connectivity index (χ0n) is 11.3. The minimum Gasteiger partial charge on any atom is -0.508 e. The number of unbranched alkanes of at least 4 members (excludes halogenated alkanes) is 1. The van der Waals surface area contributed by atoms with E-state index in [2.05, 4.69) is 25.7 Å². The minimum absolute atomic E-state index is 0.341. The minimum atomic E-state index is 0.341. The van der Waals surface area contributed by atoms with Gasteiger partial charge in [0, 0.05) is 18.8 Å². The van der Waals surface area contributed by atoms with E-state index in [9.17, 15) is 5.11 Å². The van der Waals surface area contributed by atoms with Gasteiger partial charge < -0.3 is 10.0 Å². The van der Waals surface area contributed by atoms with Crippen LogP contribution in [-0.4, -0.2) is 18.2 Å². The molecule has 0 fully saturated rings. The van der Waals surface area contributed by atoms with Crippen LogP contribution >= 0.6 is 0 Å². The summed E-state index contributed by atoms with van der Waals surface area (Å²) in [7, 11) is 0. The Bertz CT molecular complexity index is 305. The number of aromatic hydroxyl groups is 1. The number of nitrogens with zero attached hydrogens (tertiary/aromatic N) is 1. The number of anilines is 1. The summed E-state index contributed by atoms with van der Waals surface area (Å²) in [5, 5.41) is 9.31. The van der Waals surface area contributed by atoms with Crippen LogP contribution in [0.15, 0.2) is 24.3 Å². The summed E-state index contributed by atoms with van der Waals surface area (Å²) in [6.07, 6.45) is 3.65. The SMILES string of the molecule is CCCCN(CCC(C)C)c1ccc(O)cc1. The Morgan fingerprint density at radius 2 is 1.76 bits per heavy atom. The number of phenolic OH excluding ortho intramolecular Hbond substituents is 1. The van der Waals surface area contributed by atoms with E-state index in [-0.39, 0.29) is 0 Å². The highest BCUT2D eigenvalue weighted by Gasteiger charge is 2.06. The van der Waals surface area contributed by atoms with Gasteiger partial charge in [0.25, 0.3) is 0 Å². The zero-order chi connectivity index (χ0) is 12.7. The van der Waals surface area contributed by atoms with Crippen LogP contribution in [-0.2, 0) is 0 Å². The standard InChI is InChI=1S/C15H25NO/c1-4-5-11-16(12-10-13(2)3)14-6-8-15(17)9-7-14/h6-9,13,17H,4-5,10-12H2,1-3H3. The summed E-state index contributed by atoms with van der Waals surface area (Å²) in [5.41, 5.74) is 1.22. The predicted octanol–water partition coefficient (Wildman–Crippen LogP) is 4.04. The number of hydrogen-bond acceptors (Lipinski definition) is 2. The van der Waals surface area contributed by atoms with Crippen molar-refractivity contribution in [2.24, 2.45) is 5.92 Å². The average Bonchev–Trinajstić information content (AvgIpc) is 2.30. The molecule has 0 bridgehead atoms. The molecule has 0 heterocycles. The van der Waals surface area contributed by atoms with Crippen molar-refractivity contribution in [3.05, 3.63) is 24.3 Å². The van der Waals surface area contributed by atoms with Gasteiger partial charge in [0.15, 0.2) is 0 Å². The molecule has 0 aliphatic carbocycles. The lowest BCUT2D eigenvalue weighted by molar-refractivity contribution is 0.475. The first-order chi connectivity index (χ1) is 8.13. The highest BCUT2D eigenvalue weighted by molar-refractivity contribution is 5.48. The van der Waals surface area contributed by atoms with Crippen molar-refractivity contribution in [1.82, 2.24) is 0 Å². The quantitative estimate of drug-likeness (QED) is 0.771. The topological polar surface area (TPSA) is 23.5 Å². The monoisotopic (exact) mass is 235 g/mol. The third kappa shape index (κ3) is 5.12. The van der Waals surface area contributed by atoms with Gasteiger partial charge in [0.05, 0.1) is 0 Å². The fourth-order valence-corrected chi connectivity index (χ4v) is 1.80. The second kappa shape index (κ2) is 7.21. The summed E-state index contributed by atoms with van der Waals surface area (Å²) < 4.78 is 0. The molecule has 0 radical (unpaired) electrons. The van der Waals surface area contributed by atoms with Crippen LogP contribution in [0, 0.1) is 5.92 Å². The molecule has 1 N–H and O–H groups in total. The van der Waals surface area contributed by atoms with Gasteiger partial charge in [-0.3, -0.25) is 0 Å². The highest BCUT2D eigenvalue weighted by Crippen LogP contribution is 2.20. The third-order valence-electron chi connectivity index (χ3n) is 2.97. The highest BCUT2D eigenvalue weighted by atomic mass is 16.3. The van der Waals surface area contributed by atoms with Crippen molar-refractivity contribution < 1.29 is 5.11 Å². The lowest BCUT2D eigenvalue weighted by Gasteiger charge is -2.25. The van der Waals surface area contributed by atoms with Gasteiger partial charge >= 0.3 is 0 Å². The largest absolute Gasteiger partial charge is 0.508 e. The van der Waals surface area contributed by atoms with E-state index in [1.807, 2.05) is 12.1 Å². The van der Waals surface area contributed by atoms with E-state index in [0.717, 1.165) is 19.0 Å². The lowest BCUT2D eigenvalue weighted by atomic mass is 10.1. The molecule has 96 valence electrons. The van der Waals surface area contributed by atoms with Crippen LogP contribution < -0.4 is 4.90 Å². The van der Waals surface area contributed by atoms with Crippen molar-refractivity contribution >= 4 is 5.69 Å². The van der Waals surface area contributed by atoms with Crippen LogP contribution in [0.2, 0.25) is 0 Å². The molecule has 17 heavy (non-hydrogen) atoms. The van der Waals surface area contributed by atoms with Crippen LogP contribution in [0.5, 0.6) is 5.75 Å². The molecular weight excluding hydrogens is 210 g/mol. The molecule has 0 amide bonds. The summed E-state index contributed by atoms with van der Waals surface area (Å²) in [5.74, 6) is 1.07. The molecule has 0 saturated carbocycles. The Labute approximate surface area is 105 Å². The maximum Gasteiger partial charge on any atom is 0.115 e. The van der Waals surface area contributed by atoms with Gasteiger partial charge in [0.2, 0.25) is 0 Å². The first-order valence-corrected chi connectivity index (χ1v) is 6.67. The Balaban J connectivity index is 2.63. The number of hydrogen-bond donors (Lipinski definition) is 1. The lowest BCUT2D eigenvalue weighted by Crippen LogP contribution is -2.26. The Kier molecular flexibility index (Phi) is 5.88. The van der Waals surface area contributed by atoms with Crippen molar-refractivity contribution in [1.29, 1.82) is 0 Å². The molecule has 0 aliphatic heterocycles. The molecule has 0 unspecified atom stereocenters. The average molecular weight is 235 g/mol. The van der Waals surface area contributed by atoms with E-state index in [4.69, 9.17) is 0 Å². The van der Waals surface area contributed by atoms with E-state index in [1.54, 1.807) is 12.1 Å². The van der Waals surface area contributed by atoms with Gasteiger partial charge in [-0.1, -0.05) is 27.2 Å². The molecule has 0 aromatic heterocycles. The van der Waals surface area contributed by atoms with Crippen molar-refractivity contribution in [2.75, 3.05) is 18.0 Å². The number of phenols is 1. The molecule has 0 saturated heterocycles. The van der Waals surface area contributed by atoms with Gasteiger partial charge in [-0.15, -0.1) is 0 Å². The number of benzene rings is 1. The summed E-state index contributed by atoms with van der Waals surface area (Å²) in [4.78, 5) is 2.42. The van der Waals surface area contributed by atoms with Gasteiger partial charge in [-0.2, -0.15) is 0 Å². The van der Waals surface area contributed by atoms with Gasteiger partial charge in [-0.25, -0.2) is 0 Å². The molecule has 2 nitrogen and oxygen atoms in total. The fourth-order valence-electron chi connectivity index (χ4n) is 1.80. The summed E-state index contributed by atoms with van der Waals surface area (Å²) in [6, 6.07) is 7.55. The smallest absolute Gasteiger partial charge is 0.115 e. The van der Waals surface area contributed by atoms with E-state index >= 15 is 0 Å². The Hall–Kier alpha value is -1.18. The van der Waals surface area contributed by atoms with Crippen LogP contribution in [0.4, 0.5) is 5.69 Å². The summed E-state index contributed by atoms with van der Waals surface area (Å²) in [6.45, 7) is 8.94. The summed E-state index contributed by atoms with van der Waals surface area (Å²) >= 11 is 0. The van der Waals surface area contributed by atoms with Crippen LogP contribution in [0.3, 0.4) is 0 Å². The molecular formula is C15H25NO. The Morgan fingerprint density at radius 3 is 2.29 bits per heavy atom. The maximum absolute atomic E-state index is 9.31. The van der Waals surface area contributed by atoms with E-state index in [1.165, 1.54) is 24.9 Å². The third-order valence-corrected chi connectivity index (χ3v) is 2.97. The first-order valence-electron chi connectivity index (χ1n) is 6.67. The Morgan fingerprint density at radius 1 is 1.12 bits per heavy atom. The molecule has 0 atom stereocenters. The van der Waals surface area contributed by atoms with Crippen molar-refractivity contribution in [2.45, 2.75) is 40.0 Å². The maximum atomic E-state index is 9.31. The van der Waals surface area contributed by atoms with E-state index in [0.29, 0.717) is 5.75 Å². The fraction of sp³-hybridized carbons (Fsp3) is 0.600. The molecule has 1 rings (SSSR count). The molecule has 0 spiro atoms. The second-order valence-electron chi connectivity index (χ2n) is 5.04. The van der Waals surface area contributed by atoms with Crippen molar-refractivity contribution in [3.63, 3.8) is 0 Å². The molecule has 1 aromatic carbocycles. The van der Waals surface area contributed by atoms with Crippen LogP contribution in [0.1, 0.15) is 40.0 Å². The molecule has 0 aliphatic rings. The zero-order valence-corrected chi connectivity index (χ0v) is 11.3. The molecule has 2 heteroatoms. The van der Waals surface area contributed by atoms with Crippen molar-refractivity contribution in [3.8, 4) is 5.75 Å². The second-order valence-corrected chi connectivity index (χ2v) is 5.04. The first kappa shape index (κ1) is 13.9. The van der Waals surface area contributed by atoms with E-state index < -0.39 is 0 Å². The normalized spacial score (nSPS) is 10.8. The predicted molar refractivity (Wildman–Crippen MR) is 74.7 cm³/mol. The molecule has 1 aromatic rings. The van der Waals surface area contributed by atoms with Crippen LogP contribution in [0.25, 0.3) is 0 Å². The van der Waals surface area contributed by atoms with Gasteiger partial charge in [0.1, 0.15) is 5.75 Å².